The maximum Gasteiger partial charge on any atom is 0.309 e. The van der Waals surface area contributed by atoms with Gasteiger partial charge in [0.1, 0.15) is 0 Å². The summed E-state index contributed by atoms with van der Waals surface area (Å²) < 4.78 is 4.52. The zero-order valence-electron chi connectivity index (χ0n) is 11.4. The second-order valence-electron chi connectivity index (χ2n) is 3.78. The first-order chi connectivity index (χ1) is 9.83. The van der Waals surface area contributed by atoms with Crippen LogP contribution in [0, 0.1) is 0 Å². The van der Waals surface area contributed by atoms with Gasteiger partial charge in [-0.25, -0.2) is 0 Å². The molecule has 0 aromatic carbocycles. The van der Waals surface area contributed by atoms with Crippen LogP contribution >= 0.6 is 11.3 Å². The summed E-state index contributed by atoms with van der Waals surface area (Å²) >= 11 is 1.69. The molecule has 0 bridgehead atoms. The maximum atomic E-state index is 10.8. The van der Waals surface area contributed by atoms with E-state index in [4.69, 9.17) is 0 Å². The summed E-state index contributed by atoms with van der Waals surface area (Å²) in [4.78, 5) is 10.8. The van der Waals surface area contributed by atoms with E-state index in [2.05, 4.69) is 27.6 Å². The molecule has 0 saturated heterocycles. The van der Waals surface area contributed by atoms with Crippen LogP contribution in [-0.4, -0.2) is 13.1 Å². The topological polar surface area (TPSA) is 26.3 Å². The molecule has 0 aliphatic heterocycles. The van der Waals surface area contributed by atoms with Crippen molar-refractivity contribution >= 4 is 23.4 Å². The lowest BCUT2D eigenvalue weighted by Gasteiger charge is -1.89. The van der Waals surface area contributed by atoms with Crippen LogP contribution in [0.25, 0.3) is 6.08 Å². The predicted molar refractivity (Wildman–Crippen MR) is 86.5 cm³/mol. The summed E-state index contributed by atoms with van der Waals surface area (Å²) in [5, 5.41) is 4.16. The molecule has 1 aromatic heterocycles. The highest BCUT2D eigenvalue weighted by Gasteiger charge is 1.91. The van der Waals surface area contributed by atoms with Crippen LogP contribution in [0.3, 0.4) is 0 Å². The molecule has 0 radical (unpaired) electrons. The lowest BCUT2D eigenvalue weighted by molar-refractivity contribution is -0.139. The number of carbonyl (C=O) groups is 1. The van der Waals surface area contributed by atoms with Gasteiger partial charge in [0.05, 0.1) is 13.5 Å². The number of allylic oxidation sites excluding steroid dienone is 8. The second-order valence-corrected chi connectivity index (χ2v) is 4.56. The van der Waals surface area contributed by atoms with Crippen LogP contribution in [0.15, 0.2) is 71.5 Å². The summed E-state index contributed by atoms with van der Waals surface area (Å²) in [6.45, 7) is 0. The lowest BCUT2D eigenvalue weighted by Crippen LogP contribution is -1.96. The van der Waals surface area contributed by atoms with Gasteiger partial charge in [-0.05, 0) is 22.4 Å². The molecule has 0 aliphatic carbocycles. The molecular formula is C17H18O2S. The molecule has 0 fully saturated rings. The molecule has 104 valence electrons. The number of rotatable bonds is 7. The fourth-order valence-electron chi connectivity index (χ4n) is 1.25. The largest absolute Gasteiger partial charge is 0.469 e. The fraction of sp³-hybridized carbons (Fsp3) is 0.118. The molecule has 0 atom stereocenters. The molecular weight excluding hydrogens is 268 g/mol. The normalized spacial score (nSPS) is 12.7. The van der Waals surface area contributed by atoms with Crippen LogP contribution in [-0.2, 0) is 9.53 Å². The summed E-state index contributed by atoms with van der Waals surface area (Å²) in [5.41, 5.74) is 1.22. The number of thiophene rings is 1. The van der Waals surface area contributed by atoms with Crippen molar-refractivity contribution in [2.24, 2.45) is 0 Å². The van der Waals surface area contributed by atoms with E-state index in [0.717, 1.165) is 0 Å². The Morgan fingerprint density at radius 2 is 1.75 bits per heavy atom. The Morgan fingerprint density at radius 3 is 2.35 bits per heavy atom. The number of hydrogen-bond donors (Lipinski definition) is 0. The van der Waals surface area contributed by atoms with Gasteiger partial charge in [-0.15, -0.1) is 0 Å². The van der Waals surface area contributed by atoms with Gasteiger partial charge in [-0.1, -0.05) is 60.8 Å². The Hall–Kier alpha value is -2.13. The van der Waals surface area contributed by atoms with Crippen LogP contribution in [0.5, 0.6) is 0 Å². The number of carbonyl (C=O) groups excluding carboxylic acids is 1. The molecule has 20 heavy (non-hydrogen) atoms. The van der Waals surface area contributed by atoms with Gasteiger partial charge in [-0.3, -0.25) is 4.79 Å². The van der Waals surface area contributed by atoms with Gasteiger partial charge in [0.15, 0.2) is 0 Å². The predicted octanol–water partition coefficient (Wildman–Crippen LogP) is 4.55. The summed E-state index contributed by atoms with van der Waals surface area (Å²) in [5.74, 6) is -0.231. The highest BCUT2D eigenvalue weighted by Crippen LogP contribution is 2.07. The zero-order valence-corrected chi connectivity index (χ0v) is 12.3. The Balaban J connectivity index is 2.19. The third-order valence-corrected chi connectivity index (χ3v) is 2.96. The van der Waals surface area contributed by atoms with Gasteiger partial charge in [0, 0.05) is 0 Å². The van der Waals surface area contributed by atoms with Crippen molar-refractivity contribution in [2.75, 3.05) is 7.11 Å². The minimum absolute atomic E-state index is 0.231. The molecule has 1 aromatic rings. The van der Waals surface area contributed by atoms with Crippen molar-refractivity contribution in [3.8, 4) is 0 Å². The molecule has 0 N–H and O–H groups in total. The van der Waals surface area contributed by atoms with Gasteiger partial charge in [-0.2, -0.15) is 11.3 Å². The lowest BCUT2D eigenvalue weighted by atomic mass is 10.3. The van der Waals surface area contributed by atoms with E-state index >= 15 is 0 Å². The van der Waals surface area contributed by atoms with Crippen molar-refractivity contribution in [3.63, 3.8) is 0 Å². The van der Waals surface area contributed by atoms with E-state index in [-0.39, 0.29) is 5.97 Å². The molecule has 3 heteroatoms. The highest BCUT2D eigenvalue weighted by molar-refractivity contribution is 7.08. The molecule has 2 nitrogen and oxygen atoms in total. The van der Waals surface area contributed by atoms with E-state index in [0.29, 0.717) is 6.42 Å². The molecule has 0 saturated carbocycles. The maximum absolute atomic E-state index is 10.8. The van der Waals surface area contributed by atoms with E-state index in [9.17, 15) is 4.79 Å². The minimum Gasteiger partial charge on any atom is -0.469 e. The summed E-state index contributed by atoms with van der Waals surface area (Å²) in [6.07, 6.45) is 19.5. The molecule has 0 spiro atoms. The minimum atomic E-state index is -0.231. The quantitative estimate of drug-likeness (QED) is 0.543. The smallest absolute Gasteiger partial charge is 0.309 e. The average molecular weight is 286 g/mol. The zero-order chi connectivity index (χ0) is 14.5. The van der Waals surface area contributed by atoms with Crippen LogP contribution in [0.2, 0.25) is 0 Å². The fourth-order valence-corrected chi connectivity index (χ4v) is 1.88. The first-order valence-corrected chi connectivity index (χ1v) is 7.19. The van der Waals surface area contributed by atoms with Crippen molar-refractivity contribution in [1.29, 1.82) is 0 Å². The Kier molecular flexibility index (Phi) is 8.57. The molecule has 0 amide bonds. The summed E-state index contributed by atoms with van der Waals surface area (Å²) in [7, 11) is 1.38. The second kappa shape index (κ2) is 10.8. The Labute approximate surface area is 124 Å². The van der Waals surface area contributed by atoms with Gasteiger partial charge < -0.3 is 4.74 Å². The van der Waals surface area contributed by atoms with E-state index < -0.39 is 0 Å². The molecule has 1 heterocycles. The van der Waals surface area contributed by atoms with Gasteiger partial charge in [0.25, 0.3) is 0 Å². The SMILES string of the molecule is COC(=O)CC=CC=CC=CC=CC=Cc1ccsc1. The Morgan fingerprint density at radius 1 is 1.10 bits per heavy atom. The number of esters is 1. The van der Waals surface area contributed by atoms with Crippen LogP contribution in [0.1, 0.15) is 12.0 Å². The standard InChI is InChI=1S/C17H18O2S/c1-19-17(18)12-10-8-6-4-2-3-5-7-9-11-16-13-14-20-15-16/h2-11,13-15H,12H2,1H3. The number of methoxy groups -OCH3 is 1. The van der Waals surface area contributed by atoms with Crippen LogP contribution in [0.4, 0.5) is 0 Å². The monoisotopic (exact) mass is 286 g/mol. The first-order valence-electron chi connectivity index (χ1n) is 6.25. The van der Waals surface area contributed by atoms with Crippen molar-refractivity contribution in [3.05, 3.63) is 77.1 Å². The third-order valence-electron chi connectivity index (χ3n) is 2.26. The van der Waals surface area contributed by atoms with E-state index in [1.165, 1.54) is 12.7 Å². The average Bonchev–Trinajstić information content (AvgIpc) is 2.97. The molecule has 0 unspecified atom stereocenters. The van der Waals surface area contributed by atoms with Gasteiger partial charge >= 0.3 is 5.97 Å². The molecule has 1 rings (SSSR count). The first kappa shape index (κ1) is 15.9. The highest BCUT2D eigenvalue weighted by atomic mass is 32.1. The van der Waals surface area contributed by atoms with E-state index in [1.54, 1.807) is 17.4 Å². The Bertz CT molecular complexity index is 517. The van der Waals surface area contributed by atoms with Gasteiger partial charge in [0.2, 0.25) is 0 Å². The van der Waals surface area contributed by atoms with Crippen LogP contribution < -0.4 is 0 Å². The summed E-state index contributed by atoms with van der Waals surface area (Å²) in [6, 6.07) is 2.08. The van der Waals surface area contributed by atoms with Crippen molar-refractivity contribution < 1.29 is 9.53 Å². The van der Waals surface area contributed by atoms with Crippen molar-refractivity contribution in [1.82, 2.24) is 0 Å². The number of hydrogen-bond acceptors (Lipinski definition) is 3. The van der Waals surface area contributed by atoms with Crippen molar-refractivity contribution in [2.45, 2.75) is 6.42 Å². The number of ether oxygens (including phenoxy) is 1. The molecule has 0 aliphatic rings. The third kappa shape index (κ3) is 8.06. The van der Waals surface area contributed by atoms with E-state index in [1.807, 2.05) is 48.6 Å².